The van der Waals surface area contributed by atoms with Crippen molar-refractivity contribution in [3.8, 4) is 23.0 Å². The topological polar surface area (TPSA) is 80.9 Å². The molecule has 0 amide bonds. The highest BCUT2D eigenvalue weighted by molar-refractivity contribution is 14.1. The molecule has 42 heavy (non-hydrogen) atoms. The van der Waals surface area contributed by atoms with E-state index in [1.807, 2.05) is 12.1 Å². The normalized spacial score (nSPS) is 20.6. The van der Waals surface area contributed by atoms with E-state index in [4.69, 9.17) is 0 Å². The van der Waals surface area contributed by atoms with E-state index >= 15 is 0 Å². The van der Waals surface area contributed by atoms with Gasteiger partial charge in [-0.2, -0.15) is 0 Å². The number of thiol groups is 1. The highest BCUT2D eigenvalue weighted by Gasteiger charge is 2.48. The molecule has 4 N–H and O–H groups in total. The molecule has 0 unspecified atom stereocenters. The second-order valence-corrected chi connectivity index (χ2v) is 18.9. The number of halogens is 7. The van der Waals surface area contributed by atoms with Crippen LogP contribution in [-0.4, -0.2) is 20.4 Å². The maximum Gasteiger partial charge on any atom is 0.142 e. The first kappa shape index (κ1) is 34.9. The quantitative estimate of drug-likeness (QED) is 0.104. The molecule has 4 aromatic rings. The summed E-state index contributed by atoms with van der Waals surface area (Å²) in [6.45, 7) is 0. The van der Waals surface area contributed by atoms with Crippen molar-refractivity contribution in [2.75, 3.05) is 0 Å². The van der Waals surface area contributed by atoms with Crippen molar-refractivity contribution in [1.29, 1.82) is 0 Å². The molecule has 1 saturated carbocycles. The van der Waals surface area contributed by atoms with E-state index in [9.17, 15) is 20.4 Å². The lowest BCUT2D eigenvalue weighted by atomic mass is 9.55. The number of hydrogen-bond donors (Lipinski definition) is 5. The Balaban J connectivity index is 1.76. The predicted molar refractivity (Wildman–Crippen MR) is 229 cm³/mol. The third-order valence-electron chi connectivity index (χ3n) is 8.27. The van der Waals surface area contributed by atoms with Crippen LogP contribution in [0.4, 0.5) is 0 Å². The number of rotatable bonds is 4. The SMILES string of the molecule is Oc1c(S)cc(C2(c3cc(I)c(O)c(I)c3)CCC(c3cc(I)c(O)c(I)c3)(c3ccc(I)c(O)c3I)CC2)cc1I. The summed E-state index contributed by atoms with van der Waals surface area (Å²) in [5, 5.41) is 42.9. The highest BCUT2D eigenvalue weighted by atomic mass is 127. The Bertz CT molecular complexity index is 1610. The fourth-order valence-electron chi connectivity index (χ4n) is 6.02. The third-order valence-corrected chi connectivity index (χ3v) is 14.7. The Hall–Kier alpha value is 1.54. The monoisotopic (exact) mass is 1370 g/mol. The van der Waals surface area contributed by atoms with Crippen LogP contribution in [0.2, 0.25) is 0 Å². The second kappa shape index (κ2) is 13.6. The lowest BCUT2D eigenvalue weighted by Crippen LogP contribution is -2.42. The minimum Gasteiger partial charge on any atom is -0.506 e. The number of phenols is 4. The van der Waals surface area contributed by atoms with Gasteiger partial charge in [-0.25, -0.2) is 0 Å². The second-order valence-electron chi connectivity index (χ2n) is 10.3. The van der Waals surface area contributed by atoms with Crippen LogP contribution in [0.25, 0.3) is 0 Å². The van der Waals surface area contributed by atoms with Crippen LogP contribution in [0.1, 0.15) is 47.9 Å². The Morgan fingerprint density at radius 1 is 0.476 bits per heavy atom. The van der Waals surface area contributed by atoms with Crippen molar-refractivity contribution in [2.45, 2.75) is 41.4 Å². The molecule has 4 nitrogen and oxygen atoms in total. The molecular formula is C30H21I7O4S. The Morgan fingerprint density at radius 2 is 0.857 bits per heavy atom. The molecule has 1 aliphatic rings. The molecule has 1 fully saturated rings. The Labute approximate surface area is 345 Å². The summed E-state index contributed by atoms with van der Waals surface area (Å²) in [6, 6.07) is 16.5. The molecule has 4 aromatic carbocycles. The first-order valence-corrected chi connectivity index (χ1v) is 20.5. The minimum atomic E-state index is -0.416. The maximum absolute atomic E-state index is 11.0. The summed E-state index contributed by atoms with van der Waals surface area (Å²) in [6.07, 6.45) is 3.09. The maximum atomic E-state index is 11.0. The standard InChI is InChI=1S/C30H21I7O4S/c31-17-2-1-16(24(37)28(17)41)30(14-9-20(34)26(39)21(35)10-14)5-3-29(4-6-30,13-7-18(32)25(38)19(33)8-13)15-11-22(36)27(40)23(42)12-15/h1-2,7-12,38-42H,3-6H2. The summed E-state index contributed by atoms with van der Waals surface area (Å²) >= 11 is 20.0. The first-order chi connectivity index (χ1) is 19.7. The molecule has 12 heteroatoms. The lowest BCUT2D eigenvalue weighted by molar-refractivity contribution is 0.254. The van der Waals surface area contributed by atoms with Crippen molar-refractivity contribution in [1.82, 2.24) is 0 Å². The van der Waals surface area contributed by atoms with Crippen molar-refractivity contribution in [3.05, 3.63) is 95.8 Å². The molecule has 0 spiro atoms. The van der Waals surface area contributed by atoms with E-state index in [1.54, 1.807) is 0 Å². The van der Waals surface area contributed by atoms with Gasteiger partial charge in [0.1, 0.15) is 23.0 Å². The molecular weight excluding hydrogens is 1340 g/mol. The zero-order valence-electron chi connectivity index (χ0n) is 21.3. The Kier molecular flexibility index (Phi) is 11.3. The van der Waals surface area contributed by atoms with Gasteiger partial charge < -0.3 is 20.4 Å². The molecule has 220 valence electrons. The van der Waals surface area contributed by atoms with Crippen LogP contribution >= 0.6 is 171 Å². The van der Waals surface area contributed by atoms with E-state index in [2.05, 4.69) is 207 Å². The van der Waals surface area contributed by atoms with Gasteiger partial charge in [0.2, 0.25) is 0 Å². The van der Waals surface area contributed by atoms with Crippen LogP contribution in [0.3, 0.4) is 0 Å². The Morgan fingerprint density at radius 3 is 1.31 bits per heavy atom. The molecule has 0 aliphatic heterocycles. The van der Waals surface area contributed by atoms with Gasteiger partial charge in [-0.1, -0.05) is 6.07 Å². The van der Waals surface area contributed by atoms with Gasteiger partial charge in [-0.05, 0) is 249 Å². The van der Waals surface area contributed by atoms with Gasteiger partial charge in [0.05, 0.1) is 25.0 Å². The predicted octanol–water partition coefficient (Wildman–Crippen LogP) is 10.9. The van der Waals surface area contributed by atoms with Crippen LogP contribution in [-0.2, 0) is 10.8 Å². The molecule has 1 aliphatic carbocycles. The summed E-state index contributed by atoms with van der Waals surface area (Å²) in [5.41, 5.74) is 3.57. The van der Waals surface area contributed by atoms with Gasteiger partial charge >= 0.3 is 0 Å². The number of hydrogen-bond acceptors (Lipinski definition) is 5. The van der Waals surface area contributed by atoms with E-state index in [-0.39, 0.29) is 17.2 Å². The molecule has 0 heterocycles. The largest absolute Gasteiger partial charge is 0.506 e. The molecule has 0 bridgehead atoms. The van der Waals surface area contributed by atoms with Gasteiger partial charge in [0.15, 0.2) is 0 Å². The zero-order chi connectivity index (χ0) is 30.7. The van der Waals surface area contributed by atoms with Crippen LogP contribution in [0.5, 0.6) is 23.0 Å². The minimum absolute atomic E-state index is 0.176. The van der Waals surface area contributed by atoms with E-state index in [0.29, 0.717) is 10.6 Å². The van der Waals surface area contributed by atoms with Gasteiger partial charge in [-0.15, -0.1) is 12.6 Å². The van der Waals surface area contributed by atoms with Crippen molar-refractivity contribution >= 4 is 171 Å². The van der Waals surface area contributed by atoms with Crippen LogP contribution < -0.4 is 0 Å². The van der Waals surface area contributed by atoms with Crippen molar-refractivity contribution in [3.63, 3.8) is 0 Å². The molecule has 5 rings (SSSR count). The van der Waals surface area contributed by atoms with Gasteiger partial charge in [0, 0.05) is 15.7 Å². The smallest absolute Gasteiger partial charge is 0.142 e. The van der Waals surface area contributed by atoms with Gasteiger partial charge in [0.25, 0.3) is 0 Å². The molecule has 0 saturated heterocycles. The zero-order valence-corrected chi connectivity index (χ0v) is 37.3. The number of benzene rings is 4. The summed E-state index contributed by atoms with van der Waals surface area (Å²) in [4.78, 5) is 0.538. The third kappa shape index (κ3) is 6.25. The van der Waals surface area contributed by atoms with E-state index in [1.165, 1.54) is 0 Å². The lowest BCUT2D eigenvalue weighted by Gasteiger charge is -2.48. The van der Waals surface area contributed by atoms with Crippen LogP contribution in [0, 0.1) is 25.0 Å². The fraction of sp³-hybridized carbons (Fsp3) is 0.200. The first-order valence-electron chi connectivity index (χ1n) is 12.5. The van der Waals surface area contributed by atoms with E-state index < -0.39 is 10.8 Å². The number of phenolic OH excluding ortho intramolecular Hbond substituents is 4. The highest BCUT2D eigenvalue weighted by Crippen LogP contribution is 2.57. The van der Waals surface area contributed by atoms with Crippen LogP contribution in [0.15, 0.2) is 53.4 Å². The number of aromatic hydroxyl groups is 4. The molecule has 0 atom stereocenters. The fourth-order valence-corrected chi connectivity index (χ4v) is 12.6. The van der Waals surface area contributed by atoms with Crippen molar-refractivity contribution < 1.29 is 20.4 Å². The van der Waals surface area contributed by atoms with Crippen molar-refractivity contribution in [2.24, 2.45) is 0 Å². The molecule has 0 radical (unpaired) electrons. The summed E-state index contributed by atoms with van der Waals surface area (Å²) in [5.74, 6) is 1.04. The average Bonchev–Trinajstić information content (AvgIpc) is 2.95. The molecule has 0 aromatic heterocycles. The van der Waals surface area contributed by atoms with E-state index in [0.717, 1.165) is 72.9 Å². The summed E-state index contributed by atoms with van der Waals surface area (Å²) < 4.78 is 5.58. The summed E-state index contributed by atoms with van der Waals surface area (Å²) in [7, 11) is 0. The van der Waals surface area contributed by atoms with Gasteiger partial charge in [-0.3, -0.25) is 0 Å². The average molecular weight is 1370 g/mol.